The van der Waals surface area contributed by atoms with Crippen molar-refractivity contribution in [2.24, 2.45) is 0 Å². The number of hydrogen-bond donors (Lipinski definition) is 1. The van der Waals surface area contributed by atoms with E-state index in [9.17, 15) is 0 Å². The first-order valence-electron chi connectivity index (χ1n) is 7.56. The van der Waals surface area contributed by atoms with Gasteiger partial charge in [0.15, 0.2) is 0 Å². The SMILES string of the molecule is Brc1ccccc1Cc1cc(-c2ccc3ccccc3c2)n[nH]1. The van der Waals surface area contributed by atoms with E-state index in [1.165, 1.54) is 16.3 Å². The Morgan fingerprint density at radius 2 is 1.61 bits per heavy atom. The number of benzene rings is 3. The zero-order valence-electron chi connectivity index (χ0n) is 12.5. The van der Waals surface area contributed by atoms with Gasteiger partial charge >= 0.3 is 0 Å². The summed E-state index contributed by atoms with van der Waals surface area (Å²) in [5.74, 6) is 0. The average Bonchev–Trinajstić information content (AvgIpc) is 3.05. The van der Waals surface area contributed by atoms with E-state index in [0.717, 1.165) is 27.8 Å². The second-order valence-electron chi connectivity index (χ2n) is 5.61. The van der Waals surface area contributed by atoms with Gasteiger partial charge in [0, 0.05) is 22.2 Å². The van der Waals surface area contributed by atoms with Crippen LogP contribution in [-0.4, -0.2) is 10.2 Å². The second kappa shape index (κ2) is 6.01. The normalized spacial score (nSPS) is 11.0. The molecule has 1 heterocycles. The highest BCUT2D eigenvalue weighted by Gasteiger charge is 2.07. The quantitative estimate of drug-likeness (QED) is 0.506. The van der Waals surface area contributed by atoms with Gasteiger partial charge in [0.25, 0.3) is 0 Å². The van der Waals surface area contributed by atoms with Crippen LogP contribution in [0.2, 0.25) is 0 Å². The van der Waals surface area contributed by atoms with Gasteiger partial charge in [-0.25, -0.2) is 0 Å². The summed E-state index contributed by atoms with van der Waals surface area (Å²) in [6.45, 7) is 0. The Balaban J connectivity index is 1.65. The van der Waals surface area contributed by atoms with Gasteiger partial charge in [0.05, 0.1) is 5.69 Å². The topological polar surface area (TPSA) is 28.7 Å². The largest absolute Gasteiger partial charge is 0.282 e. The van der Waals surface area contributed by atoms with Crippen molar-refractivity contribution in [3.63, 3.8) is 0 Å². The van der Waals surface area contributed by atoms with Crippen LogP contribution in [0.25, 0.3) is 22.0 Å². The fourth-order valence-corrected chi connectivity index (χ4v) is 3.22. The third kappa shape index (κ3) is 2.92. The maximum absolute atomic E-state index is 4.48. The zero-order chi connectivity index (χ0) is 15.6. The first kappa shape index (κ1) is 14.2. The molecule has 4 rings (SSSR count). The Hall–Kier alpha value is -2.39. The van der Waals surface area contributed by atoms with Gasteiger partial charge in [-0.2, -0.15) is 5.10 Å². The number of hydrogen-bond acceptors (Lipinski definition) is 1. The van der Waals surface area contributed by atoms with Crippen molar-refractivity contribution in [2.45, 2.75) is 6.42 Å². The molecule has 0 bridgehead atoms. The number of fused-ring (bicyclic) bond motifs is 1. The second-order valence-corrected chi connectivity index (χ2v) is 6.46. The van der Waals surface area contributed by atoms with Crippen molar-refractivity contribution in [1.29, 1.82) is 0 Å². The number of halogens is 1. The molecule has 112 valence electrons. The molecule has 0 saturated carbocycles. The summed E-state index contributed by atoms with van der Waals surface area (Å²) in [6, 6.07) is 25.3. The summed E-state index contributed by atoms with van der Waals surface area (Å²) in [7, 11) is 0. The Morgan fingerprint density at radius 3 is 2.48 bits per heavy atom. The van der Waals surface area contributed by atoms with Crippen LogP contribution >= 0.6 is 15.9 Å². The fraction of sp³-hybridized carbons (Fsp3) is 0.0500. The van der Waals surface area contributed by atoms with Crippen LogP contribution in [0.1, 0.15) is 11.3 Å². The molecule has 0 fully saturated rings. The third-order valence-corrected chi connectivity index (χ3v) is 4.79. The van der Waals surface area contributed by atoms with Crippen molar-refractivity contribution >= 4 is 26.7 Å². The number of nitrogens with zero attached hydrogens (tertiary/aromatic N) is 1. The summed E-state index contributed by atoms with van der Waals surface area (Å²) >= 11 is 3.60. The summed E-state index contributed by atoms with van der Waals surface area (Å²) in [5.41, 5.74) is 4.48. The molecule has 23 heavy (non-hydrogen) atoms. The molecule has 0 aliphatic carbocycles. The smallest absolute Gasteiger partial charge is 0.0923 e. The molecule has 0 aliphatic rings. The van der Waals surface area contributed by atoms with E-state index < -0.39 is 0 Å². The minimum atomic E-state index is 0.835. The first-order chi connectivity index (χ1) is 11.3. The lowest BCUT2D eigenvalue weighted by Gasteiger charge is -2.01. The van der Waals surface area contributed by atoms with Gasteiger partial charge < -0.3 is 0 Å². The van der Waals surface area contributed by atoms with Crippen LogP contribution in [0.4, 0.5) is 0 Å². The fourth-order valence-electron chi connectivity index (χ4n) is 2.80. The van der Waals surface area contributed by atoms with Gasteiger partial charge in [0.1, 0.15) is 0 Å². The van der Waals surface area contributed by atoms with E-state index in [1.54, 1.807) is 0 Å². The van der Waals surface area contributed by atoms with Crippen molar-refractivity contribution in [2.75, 3.05) is 0 Å². The lowest BCUT2D eigenvalue weighted by atomic mass is 10.0. The van der Waals surface area contributed by atoms with E-state index in [1.807, 2.05) is 6.07 Å². The first-order valence-corrected chi connectivity index (χ1v) is 8.36. The van der Waals surface area contributed by atoms with Crippen molar-refractivity contribution in [3.05, 3.63) is 88.5 Å². The monoisotopic (exact) mass is 362 g/mol. The summed E-state index contributed by atoms with van der Waals surface area (Å²) in [4.78, 5) is 0. The average molecular weight is 363 g/mol. The molecule has 3 heteroatoms. The van der Waals surface area contributed by atoms with Crippen LogP contribution in [0.15, 0.2) is 77.3 Å². The van der Waals surface area contributed by atoms with E-state index in [4.69, 9.17) is 0 Å². The maximum Gasteiger partial charge on any atom is 0.0923 e. The molecule has 1 aromatic heterocycles. The molecule has 0 radical (unpaired) electrons. The third-order valence-electron chi connectivity index (χ3n) is 4.01. The van der Waals surface area contributed by atoms with Gasteiger partial charge in [-0.3, -0.25) is 5.10 Å². The van der Waals surface area contributed by atoms with E-state index in [2.05, 4.69) is 92.9 Å². The van der Waals surface area contributed by atoms with Crippen molar-refractivity contribution < 1.29 is 0 Å². The van der Waals surface area contributed by atoms with Crippen LogP contribution in [0.3, 0.4) is 0 Å². The van der Waals surface area contributed by atoms with Crippen molar-refractivity contribution in [1.82, 2.24) is 10.2 Å². The van der Waals surface area contributed by atoms with Crippen LogP contribution in [0, 0.1) is 0 Å². The molecule has 0 amide bonds. The molecule has 0 spiro atoms. The minimum absolute atomic E-state index is 0.835. The Labute approximate surface area is 143 Å². The molecule has 3 aromatic carbocycles. The highest BCUT2D eigenvalue weighted by atomic mass is 79.9. The number of aromatic amines is 1. The maximum atomic E-state index is 4.48. The standard InChI is InChI=1S/C20H15BrN2/c21-19-8-4-3-7-16(19)12-18-13-20(23-22-18)17-10-9-14-5-1-2-6-15(14)11-17/h1-11,13H,12H2,(H,22,23). The highest BCUT2D eigenvalue weighted by Crippen LogP contribution is 2.25. The molecule has 2 nitrogen and oxygen atoms in total. The Morgan fingerprint density at radius 1 is 0.826 bits per heavy atom. The van der Waals surface area contributed by atoms with E-state index in [-0.39, 0.29) is 0 Å². The number of nitrogens with one attached hydrogen (secondary N) is 1. The minimum Gasteiger partial charge on any atom is -0.282 e. The van der Waals surface area contributed by atoms with Gasteiger partial charge in [-0.05, 0) is 34.5 Å². The predicted octanol–water partition coefficient (Wildman–Crippen LogP) is 5.58. The summed E-state index contributed by atoms with van der Waals surface area (Å²) < 4.78 is 1.13. The molecule has 0 atom stereocenters. The van der Waals surface area contributed by atoms with Crippen LogP contribution in [-0.2, 0) is 6.42 Å². The highest BCUT2D eigenvalue weighted by molar-refractivity contribution is 9.10. The van der Waals surface area contributed by atoms with Crippen LogP contribution < -0.4 is 0 Å². The Bertz CT molecular complexity index is 972. The molecular weight excluding hydrogens is 348 g/mol. The predicted molar refractivity (Wildman–Crippen MR) is 98.5 cm³/mol. The van der Waals surface area contributed by atoms with Crippen molar-refractivity contribution in [3.8, 4) is 11.3 Å². The summed E-state index contributed by atoms with van der Waals surface area (Å²) in [6.07, 6.45) is 0.835. The molecule has 0 saturated heterocycles. The summed E-state index contributed by atoms with van der Waals surface area (Å²) in [5, 5.41) is 10.1. The lowest BCUT2D eigenvalue weighted by Crippen LogP contribution is -1.89. The van der Waals surface area contributed by atoms with Gasteiger partial charge in [0.2, 0.25) is 0 Å². The number of aromatic nitrogens is 2. The molecular formula is C20H15BrN2. The molecule has 0 aliphatic heterocycles. The number of rotatable bonds is 3. The lowest BCUT2D eigenvalue weighted by molar-refractivity contribution is 0.996. The zero-order valence-corrected chi connectivity index (χ0v) is 14.0. The van der Waals surface area contributed by atoms with E-state index in [0.29, 0.717) is 0 Å². The molecule has 4 aromatic rings. The van der Waals surface area contributed by atoms with E-state index >= 15 is 0 Å². The molecule has 1 N–H and O–H groups in total. The number of H-pyrrole nitrogens is 1. The van der Waals surface area contributed by atoms with Gasteiger partial charge in [-0.15, -0.1) is 0 Å². The van der Waals surface area contributed by atoms with Crippen LogP contribution in [0.5, 0.6) is 0 Å². The Kier molecular flexibility index (Phi) is 3.72. The molecule has 0 unspecified atom stereocenters. The van der Waals surface area contributed by atoms with Gasteiger partial charge in [-0.1, -0.05) is 70.5 Å².